The summed E-state index contributed by atoms with van der Waals surface area (Å²) in [4.78, 5) is 30.2. The van der Waals surface area contributed by atoms with E-state index in [1.54, 1.807) is 24.3 Å². The molecular formula is C18H12ClFN2O4S. The molecule has 0 radical (unpaired) electrons. The second-order valence-corrected chi connectivity index (χ2v) is 7.57. The minimum absolute atomic E-state index is 0.0708. The number of halogens is 2. The van der Waals surface area contributed by atoms with Gasteiger partial charge in [0.25, 0.3) is 5.91 Å². The van der Waals surface area contributed by atoms with Crippen LogP contribution in [0.4, 0.5) is 15.2 Å². The number of benzene rings is 2. The van der Waals surface area contributed by atoms with Crippen molar-refractivity contribution in [3.05, 3.63) is 47.2 Å². The third kappa shape index (κ3) is 2.81. The second kappa shape index (κ2) is 6.17. The number of anilines is 2. The number of nitrogens with zero attached hydrogens (tertiary/aromatic N) is 2. The van der Waals surface area contributed by atoms with E-state index in [0.717, 1.165) is 11.3 Å². The van der Waals surface area contributed by atoms with Gasteiger partial charge in [-0.15, -0.1) is 0 Å². The van der Waals surface area contributed by atoms with Crippen LogP contribution in [0.15, 0.2) is 36.4 Å². The largest absolute Gasteiger partial charge is 0.481 e. The number of carboxylic acids is 1. The summed E-state index contributed by atoms with van der Waals surface area (Å²) in [6.45, 7) is 1.42. The van der Waals surface area contributed by atoms with Gasteiger partial charge in [0.1, 0.15) is 11.6 Å². The Balaban J connectivity index is 1.91. The summed E-state index contributed by atoms with van der Waals surface area (Å²) in [5, 5.41) is 9.40. The Morgan fingerprint density at radius 1 is 1.37 bits per heavy atom. The van der Waals surface area contributed by atoms with Crippen molar-refractivity contribution in [3.63, 3.8) is 0 Å². The Hall–Kier alpha value is -2.71. The highest BCUT2D eigenvalue weighted by Crippen LogP contribution is 2.45. The number of carbonyl (C=O) groups is 2. The Bertz CT molecular complexity index is 1100. The molecule has 1 amide bonds. The Labute approximate surface area is 161 Å². The zero-order valence-corrected chi connectivity index (χ0v) is 15.5. The highest BCUT2D eigenvalue weighted by atomic mass is 35.5. The number of rotatable bonds is 3. The number of aliphatic carboxylic acids is 1. The number of carbonyl (C=O) groups excluding carboxylic acids is 1. The van der Waals surface area contributed by atoms with Crippen LogP contribution in [0.5, 0.6) is 5.75 Å². The molecule has 6 nitrogen and oxygen atoms in total. The quantitative estimate of drug-likeness (QED) is 0.698. The lowest BCUT2D eigenvalue weighted by Gasteiger charge is -2.38. The van der Waals surface area contributed by atoms with Crippen molar-refractivity contribution in [3.8, 4) is 5.75 Å². The van der Waals surface area contributed by atoms with E-state index in [1.165, 1.54) is 24.0 Å². The molecule has 0 aliphatic carbocycles. The number of fused-ring (bicyclic) bond motifs is 2. The first-order valence-corrected chi connectivity index (χ1v) is 9.08. The lowest BCUT2D eigenvalue weighted by atomic mass is 9.97. The van der Waals surface area contributed by atoms with Crippen LogP contribution in [0.2, 0.25) is 5.02 Å². The maximum atomic E-state index is 13.8. The normalized spacial score (nSPS) is 19.1. The zero-order valence-electron chi connectivity index (χ0n) is 13.9. The maximum absolute atomic E-state index is 13.8. The SMILES string of the molecule is CC1(CC(=O)O)Oc2ccccc2N(c2nc3ccc(F)c(Cl)c3s2)C1=O. The number of carboxylic acid groups (broad SMARTS) is 1. The van der Waals surface area contributed by atoms with Crippen LogP contribution in [0.1, 0.15) is 13.3 Å². The fourth-order valence-electron chi connectivity index (χ4n) is 2.97. The van der Waals surface area contributed by atoms with Crippen molar-refractivity contribution in [2.75, 3.05) is 4.90 Å². The minimum atomic E-state index is -1.60. The fraction of sp³-hybridized carbons (Fsp3) is 0.167. The molecule has 1 atom stereocenters. The molecule has 0 fully saturated rings. The number of amides is 1. The van der Waals surface area contributed by atoms with E-state index in [9.17, 15) is 19.1 Å². The van der Waals surface area contributed by atoms with E-state index < -0.39 is 29.7 Å². The molecule has 0 bridgehead atoms. The Morgan fingerprint density at radius 2 is 2.11 bits per heavy atom. The number of thiazole rings is 1. The van der Waals surface area contributed by atoms with Gasteiger partial charge in [-0.1, -0.05) is 35.1 Å². The lowest BCUT2D eigenvalue weighted by molar-refractivity contribution is -0.148. The van der Waals surface area contributed by atoms with Gasteiger partial charge in [0.2, 0.25) is 0 Å². The van der Waals surface area contributed by atoms with Crippen LogP contribution in [0, 0.1) is 5.82 Å². The van der Waals surface area contributed by atoms with Gasteiger partial charge >= 0.3 is 5.97 Å². The predicted octanol–water partition coefficient (Wildman–Crippen LogP) is 4.38. The number of hydrogen-bond donors (Lipinski definition) is 1. The van der Waals surface area contributed by atoms with Gasteiger partial charge in [0.15, 0.2) is 10.7 Å². The molecule has 1 aliphatic heterocycles. The maximum Gasteiger partial charge on any atom is 0.307 e. The summed E-state index contributed by atoms with van der Waals surface area (Å²) in [6.07, 6.45) is -0.517. The highest BCUT2D eigenvalue weighted by Gasteiger charge is 2.47. The molecule has 27 heavy (non-hydrogen) atoms. The number of ether oxygens (including phenoxy) is 1. The highest BCUT2D eigenvalue weighted by molar-refractivity contribution is 7.23. The zero-order chi connectivity index (χ0) is 19.3. The first kappa shape index (κ1) is 17.7. The van der Waals surface area contributed by atoms with Gasteiger partial charge in [-0.05, 0) is 31.2 Å². The standard InChI is InChI=1S/C18H12ClFN2O4S/c1-18(8-13(23)24)16(25)22(11-4-2-3-5-12(11)26-18)17-21-10-7-6-9(20)14(19)15(10)27-17/h2-7H,8H2,1H3,(H,23,24). The molecule has 1 unspecified atom stereocenters. The smallest absolute Gasteiger partial charge is 0.307 e. The molecule has 0 saturated heterocycles. The van der Waals surface area contributed by atoms with Gasteiger partial charge in [-0.25, -0.2) is 14.3 Å². The first-order valence-electron chi connectivity index (χ1n) is 7.89. The summed E-state index contributed by atoms with van der Waals surface area (Å²) in [7, 11) is 0. The van der Waals surface area contributed by atoms with E-state index in [1.807, 2.05) is 0 Å². The van der Waals surface area contributed by atoms with E-state index >= 15 is 0 Å². The average Bonchev–Trinajstić information content (AvgIpc) is 3.03. The van der Waals surface area contributed by atoms with Crippen molar-refractivity contribution in [2.45, 2.75) is 18.9 Å². The van der Waals surface area contributed by atoms with Crippen molar-refractivity contribution < 1.29 is 23.8 Å². The molecular weight excluding hydrogens is 395 g/mol. The Morgan fingerprint density at radius 3 is 2.85 bits per heavy atom. The third-order valence-electron chi connectivity index (χ3n) is 4.22. The van der Waals surface area contributed by atoms with Crippen molar-refractivity contribution in [2.24, 2.45) is 0 Å². The van der Waals surface area contributed by atoms with E-state index in [2.05, 4.69) is 4.98 Å². The van der Waals surface area contributed by atoms with Crippen LogP contribution in [0.3, 0.4) is 0 Å². The van der Waals surface area contributed by atoms with Gasteiger partial charge in [-0.3, -0.25) is 9.59 Å². The van der Waals surface area contributed by atoms with Gasteiger partial charge in [0, 0.05) is 0 Å². The molecule has 138 valence electrons. The molecule has 4 rings (SSSR count). The van der Waals surface area contributed by atoms with Gasteiger partial charge in [-0.2, -0.15) is 0 Å². The van der Waals surface area contributed by atoms with Crippen LogP contribution >= 0.6 is 22.9 Å². The molecule has 0 saturated carbocycles. The molecule has 1 aliphatic rings. The predicted molar refractivity (Wildman–Crippen MR) is 99.5 cm³/mol. The van der Waals surface area contributed by atoms with Gasteiger partial charge in [0.05, 0.1) is 27.3 Å². The summed E-state index contributed by atoms with van der Waals surface area (Å²) in [5.41, 5.74) is -0.730. The van der Waals surface area contributed by atoms with Crippen LogP contribution in [-0.4, -0.2) is 27.6 Å². The average molecular weight is 407 g/mol. The van der Waals surface area contributed by atoms with E-state index in [4.69, 9.17) is 16.3 Å². The molecule has 2 aromatic carbocycles. The van der Waals surface area contributed by atoms with Crippen molar-refractivity contribution >= 4 is 55.8 Å². The van der Waals surface area contributed by atoms with E-state index in [-0.39, 0.29) is 10.2 Å². The molecule has 9 heteroatoms. The van der Waals surface area contributed by atoms with Crippen molar-refractivity contribution in [1.29, 1.82) is 0 Å². The summed E-state index contributed by atoms with van der Waals surface area (Å²) < 4.78 is 19.9. The molecule has 0 spiro atoms. The van der Waals surface area contributed by atoms with Crippen molar-refractivity contribution in [1.82, 2.24) is 4.98 Å². The fourth-order valence-corrected chi connectivity index (χ4v) is 4.25. The van der Waals surface area contributed by atoms with Gasteiger partial charge < -0.3 is 9.84 Å². The third-order valence-corrected chi connectivity index (χ3v) is 5.77. The summed E-state index contributed by atoms with van der Waals surface area (Å²) >= 11 is 7.08. The Kier molecular flexibility index (Phi) is 4.05. The number of para-hydroxylation sites is 2. The number of hydrogen-bond acceptors (Lipinski definition) is 5. The van der Waals surface area contributed by atoms with E-state index in [0.29, 0.717) is 21.7 Å². The van der Waals surface area contributed by atoms with Crippen LogP contribution in [0.25, 0.3) is 10.2 Å². The molecule has 3 aromatic rings. The number of aromatic nitrogens is 1. The summed E-state index contributed by atoms with van der Waals surface area (Å²) in [6, 6.07) is 9.44. The monoisotopic (exact) mass is 406 g/mol. The van der Waals surface area contributed by atoms with Crippen LogP contribution < -0.4 is 9.64 Å². The topological polar surface area (TPSA) is 79.7 Å². The first-order chi connectivity index (χ1) is 12.8. The molecule has 2 heterocycles. The molecule has 1 aromatic heterocycles. The second-order valence-electron chi connectivity index (χ2n) is 6.22. The molecule has 1 N–H and O–H groups in total. The lowest BCUT2D eigenvalue weighted by Crippen LogP contribution is -2.53. The summed E-state index contributed by atoms with van der Waals surface area (Å²) in [5.74, 6) is -1.96. The van der Waals surface area contributed by atoms with Crippen LogP contribution in [-0.2, 0) is 9.59 Å². The minimum Gasteiger partial charge on any atom is -0.481 e.